The van der Waals surface area contributed by atoms with Crippen LogP contribution in [0.4, 0.5) is 0 Å². The van der Waals surface area contributed by atoms with Crippen molar-refractivity contribution in [3.05, 3.63) is 33.1 Å². The molecule has 0 unspecified atom stereocenters. The third-order valence-electron chi connectivity index (χ3n) is 2.17. The van der Waals surface area contributed by atoms with E-state index in [4.69, 9.17) is 5.11 Å². The molecule has 18 heavy (non-hydrogen) atoms. The molecule has 0 bridgehead atoms. The average Bonchev–Trinajstić information content (AvgIpc) is 2.95. The van der Waals surface area contributed by atoms with Crippen LogP contribution >= 0.6 is 22.7 Å². The minimum Gasteiger partial charge on any atom is -0.391 e. The molecule has 0 amide bonds. The number of aryl methyl sites for hydroxylation is 1. The number of rotatable bonds is 5. The predicted octanol–water partition coefficient (Wildman–Crippen LogP) is 1.48. The first kappa shape index (κ1) is 13.6. The number of hydrogen-bond acceptors (Lipinski definition) is 6. The topological polar surface area (TPSA) is 79.3 Å². The van der Waals surface area contributed by atoms with Gasteiger partial charge in [-0.3, -0.25) is 0 Å². The summed E-state index contributed by atoms with van der Waals surface area (Å²) in [6.07, 6.45) is 0. The molecule has 0 atom stereocenters. The minimum atomic E-state index is -3.52. The van der Waals surface area contributed by atoms with Gasteiger partial charge in [-0.25, -0.2) is 18.1 Å². The quantitative estimate of drug-likeness (QED) is 0.877. The molecule has 2 aromatic rings. The summed E-state index contributed by atoms with van der Waals surface area (Å²) in [6, 6.07) is 3.09. The second kappa shape index (κ2) is 5.45. The van der Waals surface area contributed by atoms with Gasteiger partial charge in [-0.2, -0.15) is 0 Å². The molecule has 5 nitrogen and oxygen atoms in total. The molecule has 0 spiro atoms. The van der Waals surface area contributed by atoms with Crippen molar-refractivity contribution in [3.8, 4) is 0 Å². The zero-order chi connectivity index (χ0) is 13.2. The molecule has 0 fully saturated rings. The number of sulfonamides is 1. The summed E-state index contributed by atoms with van der Waals surface area (Å²) in [6.45, 7) is 1.90. The van der Waals surface area contributed by atoms with E-state index in [0.717, 1.165) is 16.3 Å². The molecule has 2 heterocycles. The number of aromatic nitrogens is 1. The van der Waals surface area contributed by atoms with Crippen molar-refractivity contribution in [1.82, 2.24) is 9.71 Å². The zero-order valence-electron chi connectivity index (χ0n) is 9.58. The number of thiophene rings is 1. The number of aliphatic hydroxyl groups is 1. The molecule has 0 saturated heterocycles. The van der Waals surface area contributed by atoms with Gasteiger partial charge in [0.15, 0.2) is 0 Å². The van der Waals surface area contributed by atoms with Gasteiger partial charge in [0.1, 0.15) is 4.21 Å². The van der Waals surface area contributed by atoms with E-state index < -0.39 is 10.0 Å². The lowest BCUT2D eigenvalue weighted by molar-refractivity contribution is 0.285. The van der Waals surface area contributed by atoms with Crippen LogP contribution in [0.15, 0.2) is 21.7 Å². The fourth-order valence-electron chi connectivity index (χ4n) is 1.32. The molecule has 0 aliphatic rings. The largest absolute Gasteiger partial charge is 0.391 e. The molecule has 0 radical (unpaired) electrons. The maximum absolute atomic E-state index is 11.9. The van der Waals surface area contributed by atoms with Crippen LogP contribution in [0, 0.1) is 6.92 Å². The van der Waals surface area contributed by atoms with Gasteiger partial charge >= 0.3 is 0 Å². The van der Waals surface area contributed by atoms with Gasteiger partial charge in [-0.05, 0) is 19.1 Å². The van der Waals surface area contributed by atoms with E-state index in [-0.39, 0.29) is 17.4 Å². The van der Waals surface area contributed by atoms with Crippen molar-refractivity contribution in [3.63, 3.8) is 0 Å². The van der Waals surface area contributed by atoms with Gasteiger partial charge in [-0.1, -0.05) is 0 Å². The highest BCUT2D eigenvalue weighted by molar-refractivity contribution is 7.91. The molecule has 0 aliphatic heterocycles. The van der Waals surface area contributed by atoms with Crippen LogP contribution < -0.4 is 4.72 Å². The van der Waals surface area contributed by atoms with Gasteiger partial charge in [0, 0.05) is 10.3 Å². The van der Waals surface area contributed by atoms with E-state index in [1.807, 2.05) is 12.3 Å². The molecule has 0 aliphatic carbocycles. The Bertz CT molecular complexity index is 630. The second-order valence-corrected chi connectivity index (χ2v) is 7.79. The van der Waals surface area contributed by atoms with Gasteiger partial charge < -0.3 is 5.11 Å². The smallest absolute Gasteiger partial charge is 0.250 e. The van der Waals surface area contributed by atoms with Crippen LogP contribution in [0.25, 0.3) is 0 Å². The van der Waals surface area contributed by atoms with Crippen LogP contribution in [0.5, 0.6) is 0 Å². The van der Waals surface area contributed by atoms with Gasteiger partial charge in [0.05, 0.1) is 23.9 Å². The molecule has 2 N–H and O–H groups in total. The molecule has 98 valence electrons. The van der Waals surface area contributed by atoms with E-state index >= 15 is 0 Å². The summed E-state index contributed by atoms with van der Waals surface area (Å²) in [5, 5.41) is 11.6. The molecule has 2 aromatic heterocycles. The molecule has 2 rings (SSSR count). The Hall–Kier alpha value is -0.800. The van der Waals surface area contributed by atoms with E-state index in [1.54, 1.807) is 6.07 Å². The predicted molar refractivity (Wildman–Crippen MR) is 71.1 cm³/mol. The Kier molecular flexibility index (Phi) is 4.13. The lowest BCUT2D eigenvalue weighted by Gasteiger charge is -2.02. The summed E-state index contributed by atoms with van der Waals surface area (Å²) in [5.74, 6) is 0. The van der Waals surface area contributed by atoms with Crippen LogP contribution in [-0.2, 0) is 23.2 Å². The van der Waals surface area contributed by atoms with Crippen molar-refractivity contribution in [2.45, 2.75) is 24.3 Å². The van der Waals surface area contributed by atoms with Crippen molar-refractivity contribution in [2.75, 3.05) is 0 Å². The van der Waals surface area contributed by atoms with Crippen molar-refractivity contribution in [2.24, 2.45) is 0 Å². The van der Waals surface area contributed by atoms with Gasteiger partial charge in [0.2, 0.25) is 10.0 Å². The summed E-state index contributed by atoms with van der Waals surface area (Å²) >= 11 is 2.54. The molecular formula is C10H12N2O3S3. The second-order valence-electron chi connectivity index (χ2n) is 3.56. The van der Waals surface area contributed by atoms with E-state index in [1.165, 1.54) is 17.4 Å². The first-order valence-electron chi connectivity index (χ1n) is 5.11. The van der Waals surface area contributed by atoms with Crippen molar-refractivity contribution in [1.29, 1.82) is 0 Å². The number of nitrogens with zero attached hydrogens (tertiary/aromatic N) is 1. The average molecular weight is 304 g/mol. The summed E-state index contributed by atoms with van der Waals surface area (Å²) < 4.78 is 26.6. The number of thiazole rings is 1. The molecular weight excluding hydrogens is 292 g/mol. The highest BCUT2D eigenvalue weighted by Gasteiger charge is 2.16. The van der Waals surface area contributed by atoms with E-state index in [2.05, 4.69) is 9.71 Å². The molecule has 0 saturated carbocycles. The minimum absolute atomic E-state index is 0.147. The monoisotopic (exact) mass is 304 g/mol. The summed E-state index contributed by atoms with van der Waals surface area (Å²) in [5.41, 5.74) is 0.708. The Morgan fingerprint density at radius 3 is 2.78 bits per heavy atom. The number of aliphatic hydroxyl groups excluding tert-OH is 1. The highest BCUT2D eigenvalue weighted by Crippen LogP contribution is 2.21. The highest BCUT2D eigenvalue weighted by atomic mass is 32.2. The standard InChI is InChI=1S/C10H12N2O3S3/c1-7-12-8(6-16-7)4-11-18(14,15)10-3-2-9(5-13)17-10/h2-3,6,11,13H,4-5H2,1H3. The lowest BCUT2D eigenvalue weighted by Crippen LogP contribution is -2.22. The first-order chi connectivity index (χ1) is 8.51. The Balaban J connectivity index is 2.07. The summed E-state index contributed by atoms with van der Waals surface area (Å²) in [4.78, 5) is 4.81. The number of nitrogens with one attached hydrogen (secondary N) is 1. The normalized spacial score (nSPS) is 11.9. The van der Waals surface area contributed by atoms with Crippen LogP contribution in [0.3, 0.4) is 0 Å². The van der Waals surface area contributed by atoms with Gasteiger partial charge in [-0.15, -0.1) is 22.7 Å². The maximum atomic E-state index is 11.9. The molecule has 8 heteroatoms. The fourth-order valence-corrected chi connectivity index (χ4v) is 4.19. The Labute approximate surface area is 113 Å². The molecule has 0 aromatic carbocycles. The van der Waals surface area contributed by atoms with Crippen LogP contribution in [-0.4, -0.2) is 18.5 Å². The van der Waals surface area contributed by atoms with Crippen LogP contribution in [0.1, 0.15) is 15.6 Å². The lowest BCUT2D eigenvalue weighted by atomic mass is 10.5. The fraction of sp³-hybridized carbons (Fsp3) is 0.300. The SMILES string of the molecule is Cc1nc(CNS(=O)(=O)c2ccc(CO)s2)cs1. The summed E-state index contributed by atoms with van der Waals surface area (Å²) in [7, 11) is -3.52. The third-order valence-corrected chi connectivity index (χ3v) is 5.95. The van der Waals surface area contributed by atoms with Crippen molar-refractivity contribution < 1.29 is 13.5 Å². The first-order valence-corrected chi connectivity index (χ1v) is 8.29. The van der Waals surface area contributed by atoms with Crippen molar-refractivity contribution >= 4 is 32.7 Å². The van der Waals surface area contributed by atoms with Gasteiger partial charge in [0.25, 0.3) is 0 Å². The maximum Gasteiger partial charge on any atom is 0.250 e. The number of hydrogen-bond donors (Lipinski definition) is 2. The third kappa shape index (κ3) is 3.15. The Morgan fingerprint density at radius 1 is 1.44 bits per heavy atom. The van der Waals surface area contributed by atoms with E-state index in [9.17, 15) is 8.42 Å². The zero-order valence-corrected chi connectivity index (χ0v) is 12.0. The van der Waals surface area contributed by atoms with Crippen LogP contribution in [0.2, 0.25) is 0 Å². The Morgan fingerprint density at radius 2 is 2.22 bits per heavy atom. The van der Waals surface area contributed by atoms with E-state index in [0.29, 0.717) is 10.6 Å².